The van der Waals surface area contributed by atoms with Crippen molar-refractivity contribution in [1.82, 2.24) is 14.1 Å². The Labute approximate surface area is 159 Å². The number of hydrogen-bond acceptors (Lipinski definition) is 5. The van der Waals surface area contributed by atoms with Crippen LogP contribution < -0.4 is 0 Å². The molecule has 0 bridgehead atoms. The van der Waals surface area contributed by atoms with Crippen molar-refractivity contribution in [1.29, 1.82) is 0 Å². The van der Waals surface area contributed by atoms with E-state index >= 15 is 0 Å². The minimum atomic E-state index is -3.56. The molecular formula is C18H25N3O5S. The van der Waals surface area contributed by atoms with Crippen LogP contribution in [0.5, 0.6) is 0 Å². The Kier molecular flexibility index (Phi) is 6.01. The summed E-state index contributed by atoms with van der Waals surface area (Å²) in [7, 11) is -3.56. The number of sulfonamides is 1. The number of carbonyl (C=O) groups excluding carboxylic acids is 2. The molecule has 148 valence electrons. The highest BCUT2D eigenvalue weighted by atomic mass is 32.2. The van der Waals surface area contributed by atoms with E-state index in [1.54, 1.807) is 28.9 Å². The highest BCUT2D eigenvalue weighted by molar-refractivity contribution is 7.89. The monoisotopic (exact) mass is 395 g/mol. The lowest BCUT2D eigenvalue weighted by Crippen LogP contribution is -2.50. The Bertz CT molecular complexity index is 797. The Balaban J connectivity index is 1.69. The molecule has 2 aliphatic heterocycles. The summed E-state index contributed by atoms with van der Waals surface area (Å²) in [6.07, 6.45) is 1.36. The molecule has 2 heterocycles. The molecule has 1 aromatic carbocycles. The Morgan fingerprint density at radius 2 is 1.63 bits per heavy atom. The third-order valence-corrected chi connectivity index (χ3v) is 6.77. The lowest BCUT2D eigenvalue weighted by molar-refractivity contribution is 0.0570. The number of hydrogen-bond donors (Lipinski definition) is 0. The first kappa shape index (κ1) is 19.6. The van der Waals surface area contributed by atoms with Crippen LogP contribution in [-0.2, 0) is 14.8 Å². The highest BCUT2D eigenvalue weighted by Crippen LogP contribution is 2.22. The summed E-state index contributed by atoms with van der Waals surface area (Å²) in [4.78, 5) is 27.9. The summed E-state index contributed by atoms with van der Waals surface area (Å²) in [6.45, 7) is 4.69. The van der Waals surface area contributed by atoms with Crippen molar-refractivity contribution in [2.75, 3.05) is 45.9 Å². The van der Waals surface area contributed by atoms with Crippen molar-refractivity contribution in [2.45, 2.75) is 24.7 Å². The van der Waals surface area contributed by atoms with Gasteiger partial charge in [-0.05, 0) is 38.0 Å². The fourth-order valence-electron chi connectivity index (χ4n) is 3.36. The lowest BCUT2D eigenvalue weighted by Gasteiger charge is -2.34. The van der Waals surface area contributed by atoms with Crippen LogP contribution in [0.1, 0.15) is 30.1 Å². The van der Waals surface area contributed by atoms with Crippen molar-refractivity contribution in [3.63, 3.8) is 0 Å². The largest absolute Gasteiger partial charge is 0.450 e. The van der Waals surface area contributed by atoms with Crippen LogP contribution in [0, 0.1) is 0 Å². The van der Waals surface area contributed by atoms with Gasteiger partial charge < -0.3 is 14.5 Å². The maximum Gasteiger partial charge on any atom is 0.409 e. The average Bonchev–Trinajstić information content (AvgIpc) is 3.23. The van der Waals surface area contributed by atoms with Gasteiger partial charge in [0.2, 0.25) is 10.0 Å². The summed E-state index contributed by atoms with van der Waals surface area (Å²) in [5.41, 5.74) is 0.347. The Morgan fingerprint density at radius 3 is 2.26 bits per heavy atom. The molecule has 2 saturated heterocycles. The predicted octanol–water partition coefficient (Wildman–Crippen LogP) is 1.39. The van der Waals surface area contributed by atoms with E-state index < -0.39 is 10.0 Å². The summed E-state index contributed by atoms with van der Waals surface area (Å²) in [5, 5.41) is 0. The molecule has 0 saturated carbocycles. The molecule has 27 heavy (non-hydrogen) atoms. The number of carbonyl (C=O) groups is 2. The molecule has 0 N–H and O–H groups in total. The number of piperazine rings is 1. The highest BCUT2D eigenvalue weighted by Gasteiger charge is 2.29. The van der Waals surface area contributed by atoms with Gasteiger partial charge in [-0.25, -0.2) is 13.2 Å². The zero-order chi connectivity index (χ0) is 19.4. The minimum absolute atomic E-state index is 0.153. The van der Waals surface area contributed by atoms with Gasteiger partial charge in [0.05, 0.1) is 11.5 Å². The molecule has 0 atom stereocenters. The molecule has 3 rings (SSSR count). The van der Waals surface area contributed by atoms with Gasteiger partial charge in [-0.3, -0.25) is 4.79 Å². The number of rotatable bonds is 4. The molecule has 0 radical (unpaired) electrons. The molecule has 0 spiro atoms. The van der Waals surface area contributed by atoms with Crippen molar-refractivity contribution < 1.29 is 22.7 Å². The first-order chi connectivity index (χ1) is 12.9. The SMILES string of the molecule is CCOC(=O)N1CCN(C(=O)c2cccc(S(=O)(=O)N3CCCC3)c2)CC1. The number of benzene rings is 1. The van der Waals surface area contributed by atoms with Crippen molar-refractivity contribution in [3.05, 3.63) is 29.8 Å². The quantitative estimate of drug-likeness (QED) is 0.769. The van der Waals surface area contributed by atoms with Gasteiger partial charge in [-0.15, -0.1) is 0 Å². The van der Waals surface area contributed by atoms with Gasteiger partial charge in [-0.1, -0.05) is 6.07 Å². The van der Waals surface area contributed by atoms with E-state index in [0.717, 1.165) is 12.8 Å². The fourth-order valence-corrected chi connectivity index (χ4v) is 4.92. The van der Waals surface area contributed by atoms with E-state index in [4.69, 9.17) is 4.74 Å². The summed E-state index contributed by atoms with van der Waals surface area (Å²) in [5.74, 6) is -0.225. The van der Waals surface area contributed by atoms with Crippen molar-refractivity contribution in [3.8, 4) is 0 Å². The zero-order valence-electron chi connectivity index (χ0n) is 15.5. The molecule has 0 aliphatic carbocycles. The third kappa shape index (κ3) is 4.24. The van der Waals surface area contributed by atoms with E-state index in [2.05, 4.69) is 0 Å². The molecule has 2 aliphatic rings. The van der Waals surface area contributed by atoms with Gasteiger partial charge in [0.15, 0.2) is 0 Å². The summed E-state index contributed by atoms with van der Waals surface area (Å²) in [6, 6.07) is 6.21. The van der Waals surface area contributed by atoms with Crippen LogP contribution >= 0.6 is 0 Å². The second kappa shape index (κ2) is 8.26. The Hall–Kier alpha value is -2.13. The molecule has 0 unspecified atom stereocenters. The van der Waals surface area contributed by atoms with Crippen LogP contribution in [0.2, 0.25) is 0 Å². The van der Waals surface area contributed by atoms with Gasteiger partial charge >= 0.3 is 6.09 Å². The van der Waals surface area contributed by atoms with Crippen molar-refractivity contribution in [2.24, 2.45) is 0 Å². The number of amides is 2. The van der Waals surface area contributed by atoms with Crippen LogP contribution in [-0.4, -0.2) is 80.4 Å². The van der Waals surface area contributed by atoms with Gasteiger partial charge in [0, 0.05) is 44.8 Å². The zero-order valence-corrected chi connectivity index (χ0v) is 16.3. The fraction of sp³-hybridized carbons (Fsp3) is 0.556. The van der Waals surface area contributed by atoms with Gasteiger partial charge in [-0.2, -0.15) is 4.31 Å². The molecule has 0 aromatic heterocycles. The first-order valence-corrected chi connectivity index (χ1v) is 10.7. The van der Waals surface area contributed by atoms with Crippen LogP contribution in [0.4, 0.5) is 4.79 Å². The van der Waals surface area contributed by atoms with Crippen LogP contribution in [0.3, 0.4) is 0 Å². The summed E-state index contributed by atoms with van der Waals surface area (Å²) < 4.78 is 31.9. The van der Waals surface area contributed by atoms with E-state index in [0.29, 0.717) is 51.4 Å². The topological polar surface area (TPSA) is 87.2 Å². The second-order valence-electron chi connectivity index (χ2n) is 6.62. The van der Waals surface area contributed by atoms with Gasteiger partial charge in [0.1, 0.15) is 0 Å². The Morgan fingerprint density at radius 1 is 1.00 bits per heavy atom. The molecule has 8 nitrogen and oxygen atoms in total. The second-order valence-corrected chi connectivity index (χ2v) is 8.56. The van der Waals surface area contributed by atoms with E-state index in [1.165, 1.54) is 16.4 Å². The number of ether oxygens (including phenoxy) is 1. The number of nitrogens with zero attached hydrogens (tertiary/aromatic N) is 3. The lowest BCUT2D eigenvalue weighted by atomic mass is 10.2. The van der Waals surface area contributed by atoms with Gasteiger partial charge in [0.25, 0.3) is 5.91 Å². The minimum Gasteiger partial charge on any atom is -0.450 e. The average molecular weight is 395 g/mol. The molecule has 2 fully saturated rings. The molecule has 1 aromatic rings. The predicted molar refractivity (Wildman–Crippen MR) is 98.9 cm³/mol. The first-order valence-electron chi connectivity index (χ1n) is 9.24. The maximum absolute atomic E-state index is 12.8. The smallest absolute Gasteiger partial charge is 0.409 e. The van der Waals surface area contributed by atoms with Crippen LogP contribution in [0.15, 0.2) is 29.2 Å². The third-order valence-electron chi connectivity index (χ3n) is 4.88. The molecular weight excluding hydrogens is 370 g/mol. The van der Waals surface area contributed by atoms with Crippen LogP contribution in [0.25, 0.3) is 0 Å². The maximum atomic E-state index is 12.8. The normalized spacial score (nSPS) is 18.6. The molecule has 9 heteroatoms. The standard InChI is InChI=1S/C18H25N3O5S/c1-2-26-18(23)20-12-10-19(11-13-20)17(22)15-6-5-7-16(14-15)27(24,25)21-8-3-4-9-21/h5-7,14H,2-4,8-13H2,1H3. The van der Waals surface area contributed by atoms with E-state index in [9.17, 15) is 18.0 Å². The van der Waals surface area contributed by atoms with Crippen molar-refractivity contribution >= 4 is 22.0 Å². The van der Waals surface area contributed by atoms with E-state index in [-0.39, 0.29) is 16.9 Å². The molecule has 2 amide bonds. The summed E-state index contributed by atoms with van der Waals surface area (Å²) >= 11 is 0. The van der Waals surface area contributed by atoms with E-state index in [1.807, 2.05) is 0 Å².